The molecule has 0 bridgehead atoms. The molecule has 0 aliphatic rings. The number of ether oxygens (including phenoxy) is 1. The lowest BCUT2D eigenvalue weighted by molar-refractivity contribution is 0.0770. The van der Waals surface area contributed by atoms with Gasteiger partial charge in [0.2, 0.25) is 0 Å². The molecule has 1 amide bonds. The summed E-state index contributed by atoms with van der Waals surface area (Å²) in [5.74, 6) is 0.638. The van der Waals surface area contributed by atoms with Crippen molar-refractivity contribution in [3.63, 3.8) is 0 Å². The van der Waals surface area contributed by atoms with Crippen LogP contribution < -0.4 is 4.74 Å². The number of rotatable bonds is 4. The van der Waals surface area contributed by atoms with E-state index in [9.17, 15) is 4.79 Å². The van der Waals surface area contributed by atoms with Crippen LogP contribution in [0.5, 0.6) is 5.75 Å². The van der Waals surface area contributed by atoms with Gasteiger partial charge in [0, 0.05) is 22.9 Å². The molecule has 0 atom stereocenters. The van der Waals surface area contributed by atoms with Crippen molar-refractivity contribution < 1.29 is 9.53 Å². The van der Waals surface area contributed by atoms with Gasteiger partial charge in [-0.25, -0.2) is 0 Å². The molecule has 3 nitrogen and oxygen atoms in total. The van der Waals surface area contributed by atoms with E-state index in [1.54, 1.807) is 12.0 Å². The normalized spacial score (nSPS) is 10.6. The van der Waals surface area contributed by atoms with Crippen molar-refractivity contribution in [1.29, 1.82) is 0 Å². The maximum absolute atomic E-state index is 12.6. The average molecular weight is 336 g/mol. The molecule has 20 heavy (non-hydrogen) atoms. The van der Waals surface area contributed by atoms with Crippen LogP contribution in [0.25, 0.3) is 10.8 Å². The second-order valence-corrected chi connectivity index (χ2v) is 5.32. The van der Waals surface area contributed by atoms with Gasteiger partial charge in [-0.1, -0.05) is 40.2 Å². The highest BCUT2D eigenvalue weighted by Gasteiger charge is 2.20. The molecule has 0 spiro atoms. The van der Waals surface area contributed by atoms with Gasteiger partial charge in [-0.15, -0.1) is 0 Å². The SMILES string of the molecule is CCN(CC)C(=O)c1cc(Br)c2ccccc2c1OC. The van der Waals surface area contributed by atoms with Gasteiger partial charge in [0.05, 0.1) is 12.7 Å². The number of benzene rings is 2. The number of fused-ring (bicyclic) bond motifs is 1. The summed E-state index contributed by atoms with van der Waals surface area (Å²) >= 11 is 3.55. The summed E-state index contributed by atoms with van der Waals surface area (Å²) in [7, 11) is 1.61. The minimum Gasteiger partial charge on any atom is -0.495 e. The summed E-state index contributed by atoms with van der Waals surface area (Å²) < 4.78 is 6.41. The summed E-state index contributed by atoms with van der Waals surface area (Å²) in [4.78, 5) is 14.4. The molecule has 0 saturated heterocycles. The van der Waals surface area contributed by atoms with Gasteiger partial charge in [-0.2, -0.15) is 0 Å². The Bertz CT molecular complexity index is 636. The molecule has 0 aliphatic carbocycles. The Balaban J connectivity index is 2.67. The maximum Gasteiger partial charge on any atom is 0.257 e. The van der Waals surface area contributed by atoms with Crippen molar-refractivity contribution in [3.8, 4) is 5.75 Å². The van der Waals surface area contributed by atoms with E-state index in [1.807, 2.05) is 44.2 Å². The molecule has 0 saturated carbocycles. The van der Waals surface area contributed by atoms with Crippen LogP contribution in [0.15, 0.2) is 34.8 Å². The molecule has 0 aromatic heterocycles. The van der Waals surface area contributed by atoms with Gasteiger partial charge < -0.3 is 9.64 Å². The monoisotopic (exact) mass is 335 g/mol. The molecule has 0 radical (unpaired) electrons. The molecular formula is C16H18BrNO2. The predicted octanol–water partition coefficient (Wildman–Crippen LogP) is 4.09. The zero-order chi connectivity index (χ0) is 14.7. The van der Waals surface area contributed by atoms with Gasteiger partial charge in [-0.05, 0) is 25.3 Å². The topological polar surface area (TPSA) is 29.5 Å². The Hall–Kier alpha value is -1.55. The third-order valence-corrected chi connectivity index (χ3v) is 4.09. The summed E-state index contributed by atoms with van der Waals surface area (Å²) in [5.41, 5.74) is 0.599. The summed E-state index contributed by atoms with van der Waals surface area (Å²) in [6.07, 6.45) is 0. The van der Waals surface area contributed by atoms with Gasteiger partial charge in [0.25, 0.3) is 5.91 Å². The van der Waals surface area contributed by atoms with E-state index in [2.05, 4.69) is 15.9 Å². The van der Waals surface area contributed by atoms with Crippen LogP contribution in [0.2, 0.25) is 0 Å². The lowest BCUT2D eigenvalue weighted by atomic mass is 10.0. The fourth-order valence-electron chi connectivity index (χ4n) is 2.36. The van der Waals surface area contributed by atoms with E-state index >= 15 is 0 Å². The molecule has 2 aromatic rings. The Morgan fingerprint density at radius 2 is 1.80 bits per heavy atom. The van der Waals surface area contributed by atoms with Crippen molar-refractivity contribution in [2.45, 2.75) is 13.8 Å². The number of carbonyl (C=O) groups is 1. The van der Waals surface area contributed by atoms with Gasteiger partial charge in [0.1, 0.15) is 5.75 Å². The molecule has 0 unspecified atom stereocenters. The predicted molar refractivity (Wildman–Crippen MR) is 85.5 cm³/mol. The number of amides is 1. The van der Waals surface area contributed by atoms with E-state index in [0.29, 0.717) is 24.4 Å². The number of hydrogen-bond acceptors (Lipinski definition) is 2. The zero-order valence-corrected chi connectivity index (χ0v) is 13.5. The average Bonchev–Trinajstić information content (AvgIpc) is 2.48. The molecule has 0 N–H and O–H groups in total. The fraction of sp³-hybridized carbons (Fsp3) is 0.312. The van der Waals surface area contributed by atoms with E-state index < -0.39 is 0 Å². The van der Waals surface area contributed by atoms with Gasteiger partial charge in [-0.3, -0.25) is 4.79 Å². The Morgan fingerprint density at radius 1 is 1.20 bits per heavy atom. The zero-order valence-electron chi connectivity index (χ0n) is 11.9. The van der Waals surface area contributed by atoms with Crippen LogP contribution in [-0.2, 0) is 0 Å². The van der Waals surface area contributed by atoms with Gasteiger partial charge in [0.15, 0.2) is 0 Å². The maximum atomic E-state index is 12.6. The Morgan fingerprint density at radius 3 is 2.35 bits per heavy atom. The summed E-state index contributed by atoms with van der Waals surface area (Å²) in [6, 6.07) is 9.74. The van der Waals surface area contributed by atoms with E-state index in [-0.39, 0.29) is 5.91 Å². The summed E-state index contributed by atoms with van der Waals surface area (Å²) in [6.45, 7) is 5.32. The molecule has 0 aliphatic heterocycles. The highest BCUT2D eigenvalue weighted by molar-refractivity contribution is 9.10. The molecule has 0 heterocycles. The number of hydrogen-bond donors (Lipinski definition) is 0. The van der Waals surface area contributed by atoms with E-state index in [1.165, 1.54) is 0 Å². The van der Waals surface area contributed by atoms with Crippen molar-refractivity contribution in [3.05, 3.63) is 40.4 Å². The molecule has 106 valence electrons. The first-order chi connectivity index (χ1) is 9.63. The quantitative estimate of drug-likeness (QED) is 0.842. The number of halogens is 1. The Labute approximate surface area is 127 Å². The van der Waals surface area contributed by atoms with Crippen molar-refractivity contribution in [2.75, 3.05) is 20.2 Å². The molecular weight excluding hydrogens is 318 g/mol. The standard InChI is InChI=1S/C16H18BrNO2/c1-4-18(5-2)16(19)13-10-14(17)11-8-6-7-9-12(11)15(13)20-3/h6-10H,4-5H2,1-3H3. The highest BCUT2D eigenvalue weighted by atomic mass is 79.9. The molecule has 2 rings (SSSR count). The largest absolute Gasteiger partial charge is 0.495 e. The first kappa shape index (κ1) is 14.9. The van der Waals surface area contributed by atoms with Crippen LogP contribution in [0.1, 0.15) is 24.2 Å². The van der Waals surface area contributed by atoms with Crippen LogP contribution in [0.3, 0.4) is 0 Å². The van der Waals surface area contributed by atoms with Crippen molar-refractivity contribution in [1.82, 2.24) is 4.90 Å². The van der Waals surface area contributed by atoms with Crippen LogP contribution >= 0.6 is 15.9 Å². The number of nitrogens with zero attached hydrogens (tertiary/aromatic N) is 1. The first-order valence-corrected chi connectivity index (χ1v) is 7.47. The van der Waals surface area contributed by atoms with Crippen molar-refractivity contribution >= 4 is 32.6 Å². The first-order valence-electron chi connectivity index (χ1n) is 6.68. The van der Waals surface area contributed by atoms with Gasteiger partial charge >= 0.3 is 0 Å². The molecule has 0 fully saturated rings. The number of methoxy groups -OCH3 is 1. The third-order valence-electron chi connectivity index (χ3n) is 3.43. The molecule has 4 heteroatoms. The van der Waals surface area contributed by atoms with Crippen LogP contribution in [0, 0.1) is 0 Å². The fourth-order valence-corrected chi connectivity index (χ4v) is 2.94. The van der Waals surface area contributed by atoms with Crippen molar-refractivity contribution in [2.24, 2.45) is 0 Å². The lowest BCUT2D eigenvalue weighted by Crippen LogP contribution is -2.30. The Kier molecular flexibility index (Phi) is 4.65. The van der Waals surface area contributed by atoms with E-state index in [0.717, 1.165) is 15.2 Å². The third kappa shape index (κ3) is 2.52. The minimum absolute atomic E-state index is 0.00157. The summed E-state index contributed by atoms with van der Waals surface area (Å²) in [5, 5.41) is 1.99. The lowest BCUT2D eigenvalue weighted by Gasteiger charge is -2.21. The number of carbonyl (C=O) groups excluding carboxylic acids is 1. The molecule has 2 aromatic carbocycles. The van der Waals surface area contributed by atoms with Crippen LogP contribution in [0.4, 0.5) is 0 Å². The minimum atomic E-state index is -0.00157. The second kappa shape index (κ2) is 6.27. The van der Waals surface area contributed by atoms with E-state index in [4.69, 9.17) is 4.74 Å². The smallest absolute Gasteiger partial charge is 0.257 e. The van der Waals surface area contributed by atoms with Crippen LogP contribution in [-0.4, -0.2) is 31.0 Å². The second-order valence-electron chi connectivity index (χ2n) is 4.46. The highest BCUT2D eigenvalue weighted by Crippen LogP contribution is 2.35.